The summed E-state index contributed by atoms with van der Waals surface area (Å²) < 4.78 is 28.8. The van der Waals surface area contributed by atoms with Gasteiger partial charge >= 0.3 is 6.03 Å². The van der Waals surface area contributed by atoms with Gasteiger partial charge in [-0.3, -0.25) is 24.2 Å². The number of aromatic nitrogens is 6. The molecular formula is C59H59Cl2FN10O5. The Morgan fingerprint density at radius 3 is 2.27 bits per heavy atom. The Labute approximate surface area is 456 Å². The lowest BCUT2D eigenvalue weighted by Crippen LogP contribution is -2.56. The van der Waals surface area contributed by atoms with Crippen molar-refractivity contribution in [2.75, 3.05) is 33.3 Å². The molecule has 18 heteroatoms. The topological polar surface area (TPSA) is 156 Å². The fraction of sp³-hybridized carbons (Fsp3) is 0.305. The molecule has 0 saturated carbocycles. The van der Waals surface area contributed by atoms with E-state index in [-0.39, 0.29) is 36.3 Å². The van der Waals surface area contributed by atoms with Gasteiger partial charge in [-0.1, -0.05) is 85.3 Å². The van der Waals surface area contributed by atoms with Gasteiger partial charge in [0, 0.05) is 94.6 Å². The maximum absolute atomic E-state index is 15.1. The molecule has 6 heterocycles. The van der Waals surface area contributed by atoms with Gasteiger partial charge in [-0.2, -0.15) is 10.2 Å². The standard InChI is InChI=1S/C59H59Cl2FN10O5/c1-38(2)77-52-29-48(76-3)22-23-49(52)58-67-55(40-14-18-45(60)19-15-40)56(41-16-20-46(61)21-17-41)72(58)59(75)69-26-25-68(54(74)37-69)24-9-7-5-4-6-8-13-53(73)71-36-43(31-66-71)42-28-50-51(33-64-57(50)63-30-42)44-32-65-70(35-44)34-39-11-10-12-47(62)27-39/h10-12,14-23,27-33,35-36,38,55-56H,4-9,13,24-26,34,37H2,1-3H3,(H,63,64)/t55-,56+/m1/s1. The number of carbonyl (C=O) groups excluding carboxylic acids is 3. The molecule has 0 unspecified atom stereocenters. The molecule has 0 radical (unpaired) electrons. The second-order valence-corrected chi connectivity index (χ2v) is 20.6. The van der Waals surface area contributed by atoms with E-state index < -0.39 is 12.1 Å². The summed E-state index contributed by atoms with van der Waals surface area (Å²) in [4.78, 5) is 60.5. The normalized spacial score (nSPS) is 15.7. The van der Waals surface area contributed by atoms with Crippen LogP contribution in [0.2, 0.25) is 10.0 Å². The van der Waals surface area contributed by atoms with Crippen molar-refractivity contribution in [3.8, 4) is 33.8 Å². The van der Waals surface area contributed by atoms with E-state index in [4.69, 9.17) is 37.7 Å². The smallest absolute Gasteiger partial charge is 0.326 e. The van der Waals surface area contributed by atoms with Gasteiger partial charge < -0.3 is 24.3 Å². The molecule has 8 aromatic rings. The molecule has 2 aliphatic heterocycles. The second kappa shape index (κ2) is 23.6. The van der Waals surface area contributed by atoms with Crippen LogP contribution in [-0.4, -0.2) is 107 Å². The van der Waals surface area contributed by atoms with Crippen molar-refractivity contribution in [1.29, 1.82) is 0 Å². The van der Waals surface area contributed by atoms with Crippen molar-refractivity contribution in [2.45, 2.75) is 83.5 Å². The Morgan fingerprint density at radius 2 is 1.53 bits per heavy atom. The Kier molecular flexibility index (Phi) is 16.1. The number of ether oxygens (including phenoxy) is 2. The number of nitrogens with zero attached hydrogens (tertiary/aromatic N) is 9. The number of hydrogen-bond donors (Lipinski definition) is 1. The molecule has 2 aliphatic rings. The van der Waals surface area contributed by atoms with Gasteiger partial charge in [-0.15, -0.1) is 0 Å². The van der Waals surface area contributed by atoms with E-state index in [1.165, 1.54) is 16.8 Å². The van der Waals surface area contributed by atoms with Crippen LogP contribution in [0, 0.1) is 5.82 Å². The molecule has 10 rings (SSSR count). The van der Waals surface area contributed by atoms with E-state index in [1.807, 2.05) is 91.8 Å². The summed E-state index contributed by atoms with van der Waals surface area (Å²) in [5.74, 6) is 1.06. The number of piperazine rings is 1. The zero-order chi connectivity index (χ0) is 53.6. The van der Waals surface area contributed by atoms with Gasteiger partial charge in [0.25, 0.3) is 0 Å². The molecule has 77 heavy (non-hydrogen) atoms. The van der Waals surface area contributed by atoms with Gasteiger partial charge in [0.15, 0.2) is 0 Å². The number of benzene rings is 4. The van der Waals surface area contributed by atoms with Gasteiger partial charge in [0.1, 0.15) is 41.4 Å². The molecule has 3 amide bonds. The number of pyridine rings is 1. The number of urea groups is 1. The number of aromatic amines is 1. The van der Waals surface area contributed by atoms with E-state index >= 15 is 4.79 Å². The van der Waals surface area contributed by atoms with Crippen LogP contribution in [0.4, 0.5) is 9.18 Å². The van der Waals surface area contributed by atoms with Crippen LogP contribution >= 0.6 is 23.2 Å². The van der Waals surface area contributed by atoms with Gasteiger partial charge in [0.2, 0.25) is 11.8 Å². The first-order valence-electron chi connectivity index (χ1n) is 26.0. The Bertz CT molecular complexity index is 3430. The maximum atomic E-state index is 15.1. The minimum absolute atomic E-state index is 0.0696. The molecule has 1 saturated heterocycles. The first-order valence-corrected chi connectivity index (χ1v) is 26.8. The first-order chi connectivity index (χ1) is 37.4. The Morgan fingerprint density at radius 1 is 0.792 bits per heavy atom. The quantitative estimate of drug-likeness (QED) is 0.0785. The van der Waals surface area contributed by atoms with Crippen LogP contribution in [0.3, 0.4) is 0 Å². The van der Waals surface area contributed by atoms with Crippen molar-refractivity contribution < 1.29 is 28.2 Å². The molecule has 1 N–H and O–H groups in total. The predicted molar refractivity (Wildman–Crippen MR) is 296 cm³/mol. The van der Waals surface area contributed by atoms with Gasteiger partial charge in [-0.25, -0.2) is 18.9 Å². The van der Waals surface area contributed by atoms with E-state index in [0.29, 0.717) is 65.5 Å². The lowest BCUT2D eigenvalue weighted by atomic mass is 9.93. The summed E-state index contributed by atoms with van der Waals surface area (Å²) in [5.41, 5.74) is 7.28. The number of carbonyl (C=O) groups is 3. The summed E-state index contributed by atoms with van der Waals surface area (Å²) in [6.45, 7) is 5.60. The molecule has 4 aromatic carbocycles. The average Bonchev–Trinajstić information content (AvgIpc) is 4.32. The third-order valence-corrected chi connectivity index (χ3v) is 14.5. The predicted octanol–water partition coefficient (Wildman–Crippen LogP) is 12.5. The molecule has 1 fully saturated rings. The number of fused-ring (bicyclic) bond motifs is 1. The Hall–Kier alpha value is -7.82. The first kappa shape index (κ1) is 52.6. The number of unbranched alkanes of at least 4 members (excludes halogenated alkanes) is 5. The van der Waals surface area contributed by atoms with Crippen molar-refractivity contribution in [3.63, 3.8) is 0 Å². The van der Waals surface area contributed by atoms with Crippen molar-refractivity contribution in [3.05, 3.63) is 172 Å². The van der Waals surface area contributed by atoms with Crippen LogP contribution in [0.5, 0.6) is 11.5 Å². The highest BCUT2D eigenvalue weighted by molar-refractivity contribution is 6.30. The summed E-state index contributed by atoms with van der Waals surface area (Å²) in [6, 6.07) is 27.4. The lowest BCUT2D eigenvalue weighted by Gasteiger charge is -2.38. The number of aliphatic imine (C=N–C) groups is 1. The molecule has 396 valence electrons. The highest BCUT2D eigenvalue weighted by Crippen LogP contribution is 2.46. The number of H-pyrrole nitrogens is 1. The third-order valence-electron chi connectivity index (χ3n) is 14.0. The summed E-state index contributed by atoms with van der Waals surface area (Å²) in [6.07, 6.45) is 16.3. The molecule has 2 atom stereocenters. The minimum Gasteiger partial charge on any atom is -0.497 e. The van der Waals surface area contributed by atoms with Crippen molar-refractivity contribution in [2.24, 2.45) is 4.99 Å². The molecular weight excluding hydrogens is 1020 g/mol. The number of nitrogens with one attached hydrogen (secondary N) is 1. The van der Waals surface area contributed by atoms with Crippen LogP contribution in [0.25, 0.3) is 33.3 Å². The van der Waals surface area contributed by atoms with E-state index in [9.17, 15) is 14.0 Å². The van der Waals surface area contributed by atoms with Crippen molar-refractivity contribution in [1.82, 2.24) is 44.2 Å². The zero-order valence-corrected chi connectivity index (χ0v) is 44.6. The van der Waals surface area contributed by atoms with Crippen LogP contribution in [0.1, 0.15) is 97.9 Å². The van der Waals surface area contributed by atoms with Gasteiger partial charge in [-0.05, 0) is 98.0 Å². The van der Waals surface area contributed by atoms with Crippen molar-refractivity contribution >= 4 is 57.9 Å². The SMILES string of the molecule is COc1ccc(C2=N[C@H](c3ccc(Cl)cc3)[C@H](c3ccc(Cl)cc3)N2C(=O)N2CCN(CCCCCCCCC(=O)n3cc(-c4cnc5[nH]cc(-c6cnn(Cc7cccc(F)c7)c6)c5c4)cn3)C(=O)C2)c(OC(C)C)c1. The number of amidine groups is 1. The number of hydrogen-bond acceptors (Lipinski definition) is 9. The fourth-order valence-corrected chi connectivity index (χ4v) is 10.4. The van der Waals surface area contributed by atoms with E-state index in [0.717, 1.165) is 88.5 Å². The Balaban J connectivity index is 0.712. The molecule has 4 aromatic heterocycles. The molecule has 0 spiro atoms. The van der Waals surface area contributed by atoms with Crippen LogP contribution in [0.15, 0.2) is 139 Å². The number of rotatable bonds is 19. The highest BCUT2D eigenvalue weighted by Gasteiger charge is 2.45. The van der Waals surface area contributed by atoms with E-state index in [2.05, 4.69) is 20.2 Å². The maximum Gasteiger partial charge on any atom is 0.326 e. The monoisotopic (exact) mass is 1080 g/mol. The lowest BCUT2D eigenvalue weighted by molar-refractivity contribution is -0.135. The van der Waals surface area contributed by atoms with Crippen LogP contribution < -0.4 is 9.47 Å². The highest BCUT2D eigenvalue weighted by atomic mass is 35.5. The number of methoxy groups -OCH3 is 1. The number of amides is 3. The van der Waals surface area contributed by atoms with Gasteiger partial charge in [0.05, 0.1) is 43.8 Å². The second-order valence-electron chi connectivity index (χ2n) is 19.7. The number of halogens is 3. The summed E-state index contributed by atoms with van der Waals surface area (Å²) in [5, 5.41) is 10.9. The molecule has 0 aliphatic carbocycles. The van der Waals surface area contributed by atoms with Crippen LogP contribution in [-0.2, 0) is 11.3 Å². The third kappa shape index (κ3) is 12.1. The summed E-state index contributed by atoms with van der Waals surface area (Å²) >= 11 is 12.7. The molecule has 0 bridgehead atoms. The zero-order valence-electron chi connectivity index (χ0n) is 43.1. The fourth-order valence-electron chi connectivity index (χ4n) is 10.1. The largest absolute Gasteiger partial charge is 0.497 e. The average molecular weight is 1080 g/mol. The summed E-state index contributed by atoms with van der Waals surface area (Å²) in [7, 11) is 1.59. The molecule has 15 nitrogen and oxygen atoms in total. The van der Waals surface area contributed by atoms with E-state index in [1.54, 1.807) is 70.6 Å². The minimum atomic E-state index is -0.592.